The molecule has 4 heterocycles. The molecule has 4 rings (SSSR count). The molecule has 8 heteroatoms. The molecule has 0 amide bonds. The van der Waals surface area contributed by atoms with Crippen LogP contribution in [-0.4, -0.2) is 64.6 Å². The van der Waals surface area contributed by atoms with Crippen molar-refractivity contribution in [3.63, 3.8) is 0 Å². The van der Waals surface area contributed by atoms with Gasteiger partial charge in [-0.25, -0.2) is 4.98 Å². The van der Waals surface area contributed by atoms with Crippen molar-refractivity contribution in [1.29, 1.82) is 0 Å². The van der Waals surface area contributed by atoms with Crippen LogP contribution in [0, 0.1) is 5.92 Å². The van der Waals surface area contributed by atoms with Crippen LogP contribution < -0.4 is 5.32 Å². The summed E-state index contributed by atoms with van der Waals surface area (Å²) in [6.45, 7) is 10.7. The van der Waals surface area contributed by atoms with Gasteiger partial charge >= 0.3 is 0 Å². The van der Waals surface area contributed by atoms with Gasteiger partial charge in [-0.2, -0.15) is 0 Å². The molecule has 3 atom stereocenters. The van der Waals surface area contributed by atoms with Crippen molar-refractivity contribution in [2.75, 3.05) is 39.3 Å². The summed E-state index contributed by atoms with van der Waals surface area (Å²) in [5, 5.41) is 5.75. The summed E-state index contributed by atoms with van der Waals surface area (Å²) >= 11 is 1.86. The van der Waals surface area contributed by atoms with Gasteiger partial charge in [0.15, 0.2) is 5.96 Å². The summed E-state index contributed by atoms with van der Waals surface area (Å²) < 4.78 is 2.26. The van der Waals surface area contributed by atoms with Crippen LogP contribution in [0.25, 0.3) is 0 Å². The zero-order chi connectivity index (χ0) is 20.1. The summed E-state index contributed by atoms with van der Waals surface area (Å²) in [5.41, 5.74) is 0. The lowest BCUT2D eigenvalue weighted by Crippen LogP contribution is -2.49. The Morgan fingerprint density at radius 1 is 1.33 bits per heavy atom. The van der Waals surface area contributed by atoms with Crippen molar-refractivity contribution in [1.82, 2.24) is 24.7 Å². The molecule has 2 aromatic heterocycles. The summed E-state index contributed by atoms with van der Waals surface area (Å²) in [6.07, 6.45) is 9.72. The maximum atomic E-state index is 5.15. The van der Waals surface area contributed by atoms with Crippen molar-refractivity contribution in [3.8, 4) is 0 Å². The first-order valence-electron chi connectivity index (χ1n) is 11.0. The van der Waals surface area contributed by atoms with E-state index in [0.29, 0.717) is 18.0 Å². The molecule has 166 valence electrons. The second-order valence-corrected chi connectivity index (χ2v) is 9.24. The lowest BCUT2D eigenvalue weighted by atomic mass is 9.93. The van der Waals surface area contributed by atoms with Gasteiger partial charge in [0.05, 0.1) is 25.0 Å². The van der Waals surface area contributed by atoms with Crippen molar-refractivity contribution >= 4 is 41.3 Å². The summed E-state index contributed by atoms with van der Waals surface area (Å²) in [7, 11) is 0. The number of nitrogens with one attached hydrogen (secondary N) is 1. The highest BCUT2D eigenvalue weighted by molar-refractivity contribution is 14.0. The van der Waals surface area contributed by atoms with Gasteiger partial charge in [-0.3, -0.25) is 9.89 Å². The topological polar surface area (TPSA) is 48.7 Å². The average Bonchev–Trinajstić information content (AvgIpc) is 3.51. The first-order chi connectivity index (χ1) is 14.3. The largest absolute Gasteiger partial charge is 0.357 e. The second-order valence-electron chi connectivity index (χ2n) is 8.26. The fraction of sp³-hybridized carbons (Fsp3) is 0.636. The maximum absolute atomic E-state index is 5.15. The Kier molecular flexibility index (Phi) is 9.00. The Hall–Kier alpha value is -1.13. The lowest BCUT2D eigenvalue weighted by Gasteiger charge is -2.39. The quantitative estimate of drug-likeness (QED) is 0.337. The molecule has 3 unspecified atom stereocenters. The molecule has 0 bridgehead atoms. The molecular formula is C22H35IN6S. The Balaban J connectivity index is 0.00000256. The predicted octanol–water partition coefficient (Wildman–Crippen LogP) is 4.25. The number of rotatable bonds is 6. The summed E-state index contributed by atoms with van der Waals surface area (Å²) in [5.74, 6) is 1.71. The van der Waals surface area contributed by atoms with E-state index >= 15 is 0 Å². The monoisotopic (exact) mass is 542 g/mol. The van der Waals surface area contributed by atoms with E-state index in [0.717, 1.165) is 32.1 Å². The van der Waals surface area contributed by atoms with Crippen LogP contribution in [0.15, 0.2) is 41.2 Å². The number of nitrogens with zero attached hydrogens (tertiary/aromatic N) is 5. The molecule has 2 aliphatic rings. The molecule has 0 saturated carbocycles. The first kappa shape index (κ1) is 23.5. The molecule has 30 heavy (non-hydrogen) atoms. The number of hydrogen-bond acceptors (Lipinski definition) is 4. The van der Waals surface area contributed by atoms with Gasteiger partial charge in [0.2, 0.25) is 0 Å². The minimum atomic E-state index is 0. The molecule has 6 nitrogen and oxygen atoms in total. The number of hydrogen-bond donors (Lipinski definition) is 1. The molecule has 0 radical (unpaired) electrons. The Morgan fingerprint density at radius 3 is 2.83 bits per heavy atom. The number of piperidine rings is 1. The highest BCUT2D eigenvalue weighted by Crippen LogP contribution is 2.30. The maximum Gasteiger partial charge on any atom is 0.194 e. The highest BCUT2D eigenvalue weighted by atomic mass is 127. The smallest absolute Gasteiger partial charge is 0.194 e. The SMILES string of the molecule is CCNC(=NCC(c1cccs1)N1CCCC1)N1CCC(C)C(n2ccnc2)C1.I. The number of halogens is 1. The molecule has 1 N–H and O–H groups in total. The second kappa shape index (κ2) is 11.5. The molecular weight excluding hydrogens is 507 g/mol. The lowest BCUT2D eigenvalue weighted by molar-refractivity contribution is 0.188. The molecule has 0 spiro atoms. The van der Waals surface area contributed by atoms with E-state index in [4.69, 9.17) is 4.99 Å². The third-order valence-corrected chi connectivity index (χ3v) is 7.30. The van der Waals surface area contributed by atoms with Crippen molar-refractivity contribution in [2.45, 2.75) is 45.2 Å². The van der Waals surface area contributed by atoms with Gasteiger partial charge < -0.3 is 14.8 Å². The van der Waals surface area contributed by atoms with E-state index in [1.54, 1.807) is 0 Å². The normalized spacial score (nSPS) is 23.9. The number of guanidine groups is 1. The number of aromatic nitrogens is 2. The summed E-state index contributed by atoms with van der Waals surface area (Å²) in [4.78, 5) is 15.9. The van der Waals surface area contributed by atoms with Crippen molar-refractivity contribution in [2.24, 2.45) is 10.9 Å². The van der Waals surface area contributed by atoms with E-state index in [1.165, 1.54) is 37.2 Å². The van der Waals surface area contributed by atoms with Gasteiger partial charge in [0, 0.05) is 36.9 Å². The minimum Gasteiger partial charge on any atom is -0.357 e. The molecule has 2 aliphatic heterocycles. The Bertz CT molecular complexity index is 757. The number of likely N-dealkylation sites (tertiary alicyclic amines) is 2. The van der Waals surface area contributed by atoms with Crippen LogP contribution in [0.3, 0.4) is 0 Å². The number of imidazole rings is 1. The molecule has 0 aliphatic carbocycles. The minimum absolute atomic E-state index is 0. The molecule has 2 fully saturated rings. The third kappa shape index (κ3) is 5.56. The van der Waals surface area contributed by atoms with Crippen LogP contribution in [-0.2, 0) is 0 Å². The van der Waals surface area contributed by atoms with Gasteiger partial charge in [-0.05, 0) is 56.6 Å². The van der Waals surface area contributed by atoms with E-state index in [-0.39, 0.29) is 24.0 Å². The van der Waals surface area contributed by atoms with E-state index in [1.807, 2.05) is 23.9 Å². The van der Waals surface area contributed by atoms with Crippen LogP contribution in [0.4, 0.5) is 0 Å². The molecule has 2 aromatic rings. The Labute approximate surface area is 201 Å². The standard InChI is InChI=1S/C22H34N6S.HI/c1-3-24-22(27-12-8-18(2)20(16-27)28-13-9-23-17-28)25-15-19(21-7-6-14-29-21)26-10-4-5-11-26;/h6-7,9,13-14,17-20H,3-5,8,10-12,15-16H2,1-2H3,(H,24,25);1H. The van der Waals surface area contributed by atoms with Gasteiger partial charge in [0.1, 0.15) is 0 Å². The zero-order valence-electron chi connectivity index (χ0n) is 18.1. The van der Waals surface area contributed by atoms with E-state index in [9.17, 15) is 0 Å². The highest BCUT2D eigenvalue weighted by Gasteiger charge is 2.30. The number of aliphatic imine (C=N–C) groups is 1. The fourth-order valence-corrected chi connectivity index (χ4v) is 5.47. The average molecular weight is 543 g/mol. The van der Waals surface area contributed by atoms with Gasteiger partial charge in [-0.1, -0.05) is 13.0 Å². The number of thiophene rings is 1. The van der Waals surface area contributed by atoms with Gasteiger partial charge in [-0.15, -0.1) is 35.3 Å². The van der Waals surface area contributed by atoms with E-state index in [2.05, 4.69) is 62.2 Å². The van der Waals surface area contributed by atoms with Crippen LogP contribution in [0.1, 0.15) is 50.1 Å². The first-order valence-corrected chi connectivity index (χ1v) is 11.9. The molecule has 0 aromatic carbocycles. The van der Waals surface area contributed by atoms with Crippen LogP contribution >= 0.6 is 35.3 Å². The van der Waals surface area contributed by atoms with Crippen LogP contribution in [0.2, 0.25) is 0 Å². The molecule has 2 saturated heterocycles. The zero-order valence-corrected chi connectivity index (χ0v) is 21.3. The fourth-order valence-electron chi connectivity index (χ4n) is 4.61. The predicted molar refractivity (Wildman–Crippen MR) is 136 cm³/mol. The van der Waals surface area contributed by atoms with E-state index < -0.39 is 0 Å². The third-order valence-electron chi connectivity index (χ3n) is 6.33. The van der Waals surface area contributed by atoms with Gasteiger partial charge in [0.25, 0.3) is 0 Å². The van der Waals surface area contributed by atoms with Crippen molar-refractivity contribution in [3.05, 3.63) is 41.1 Å². The Morgan fingerprint density at radius 2 is 2.17 bits per heavy atom. The van der Waals surface area contributed by atoms with Crippen molar-refractivity contribution < 1.29 is 0 Å². The van der Waals surface area contributed by atoms with Crippen LogP contribution in [0.5, 0.6) is 0 Å². The summed E-state index contributed by atoms with van der Waals surface area (Å²) in [6, 6.07) is 5.29.